The largest absolute Gasteiger partial charge is 0.463 e. The fraction of sp³-hybridized carbons (Fsp3) is 0.414. The predicted molar refractivity (Wildman–Crippen MR) is 138 cm³/mol. The van der Waals surface area contributed by atoms with E-state index in [-0.39, 0.29) is 37.8 Å². The summed E-state index contributed by atoms with van der Waals surface area (Å²) in [4.78, 5) is 36.3. The summed E-state index contributed by atoms with van der Waals surface area (Å²) >= 11 is 0. The molecule has 0 unspecified atom stereocenters. The van der Waals surface area contributed by atoms with E-state index in [2.05, 4.69) is 5.32 Å². The van der Waals surface area contributed by atoms with Gasteiger partial charge in [0.1, 0.15) is 31.0 Å². The van der Waals surface area contributed by atoms with Crippen LogP contribution in [0.2, 0.25) is 0 Å². The molecule has 2 aromatic rings. The van der Waals surface area contributed by atoms with Crippen molar-refractivity contribution in [2.24, 2.45) is 0 Å². The Morgan fingerprint density at radius 1 is 0.892 bits per heavy atom. The molecule has 0 saturated heterocycles. The maximum atomic E-state index is 12.9. The van der Waals surface area contributed by atoms with Crippen LogP contribution in [-0.4, -0.2) is 48.5 Å². The lowest BCUT2D eigenvalue weighted by Crippen LogP contribution is -2.45. The summed E-state index contributed by atoms with van der Waals surface area (Å²) in [6, 6.07) is 16.2. The smallest absolute Gasteiger partial charge is 0.408 e. The van der Waals surface area contributed by atoms with Crippen LogP contribution in [0.4, 0.5) is 4.79 Å². The van der Waals surface area contributed by atoms with Crippen LogP contribution in [0.1, 0.15) is 44.4 Å². The van der Waals surface area contributed by atoms with Crippen LogP contribution in [0.3, 0.4) is 0 Å². The van der Waals surface area contributed by atoms with Gasteiger partial charge in [-0.2, -0.15) is 0 Å². The summed E-state index contributed by atoms with van der Waals surface area (Å²) in [6.07, 6.45) is 3.74. The summed E-state index contributed by atoms with van der Waals surface area (Å²) < 4.78 is 21.7. The van der Waals surface area contributed by atoms with Crippen molar-refractivity contribution in [2.45, 2.75) is 71.0 Å². The summed E-state index contributed by atoms with van der Waals surface area (Å²) in [7, 11) is 0. The van der Waals surface area contributed by atoms with E-state index in [0.717, 1.165) is 16.7 Å². The molecule has 3 rings (SSSR count). The number of hydrogen-bond acceptors (Lipinski definition) is 7. The number of amides is 1. The SMILES string of the molecule is CC(=O)OC[C@@H]1C=C[C@@H](Cc2ccc(C[C@H](NC(=O)OC(C)(C)C)C(=O)OCc3ccccc3)cc2)O1. The first kappa shape index (κ1) is 27.9. The molecule has 3 atom stereocenters. The van der Waals surface area contributed by atoms with Crippen LogP contribution in [0, 0.1) is 0 Å². The average Bonchev–Trinajstić information content (AvgIpc) is 3.28. The Balaban J connectivity index is 1.59. The van der Waals surface area contributed by atoms with Gasteiger partial charge >= 0.3 is 18.0 Å². The highest BCUT2D eigenvalue weighted by Gasteiger charge is 2.26. The number of esters is 2. The Bertz CT molecular complexity index is 1070. The standard InChI is InChI=1S/C29H35NO7/c1-20(31)34-19-25-15-14-24(36-25)16-21-10-12-22(13-11-21)17-26(30-28(33)37-29(2,3)4)27(32)35-18-23-8-6-5-7-9-23/h5-15,24-26H,16-19H2,1-4H3,(H,30,33)/t24-,25-,26-/m0/s1. The molecule has 0 bridgehead atoms. The highest BCUT2D eigenvalue weighted by atomic mass is 16.6. The topological polar surface area (TPSA) is 100 Å². The van der Waals surface area contributed by atoms with Crippen molar-refractivity contribution in [1.29, 1.82) is 0 Å². The van der Waals surface area contributed by atoms with Crippen molar-refractivity contribution >= 4 is 18.0 Å². The summed E-state index contributed by atoms with van der Waals surface area (Å²) in [5.41, 5.74) is 2.07. The average molecular weight is 510 g/mol. The third-order valence-corrected chi connectivity index (χ3v) is 5.44. The molecule has 0 saturated carbocycles. The Labute approximate surface area is 217 Å². The number of benzene rings is 2. The highest BCUT2D eigenvalue weighted by molar-refractivity contribution is 5.81. The van der Waals surface area contributed by atoms with E-state index < -0.39 is 23.7 Å². The molecular weight excluding hydrogens is 474 g/mol. The first-order valence-corrected chi connectivity index (χ1v) is 12.3. The molecule has 198 valence electrons. The first-order valence-electron chi connectivity index (χ1n) is 12.3. The molecule has 0 aromatic heterocycles. The van der Waals surface area contributed by atoms with Gasteiger partial charge in [-0.05, 0) is 37.5 Å². The number of rotatable bonds is 10. The predicted octanol–water partition coefficient (Wildman–Crippen LogP) is 4.30. The minimum atomic E-state index is -0.910. The second-order valence-electron chi connectivity index (χ2n) is 9.92. The van der Waals surface area contributed by atoms with Crippen LogP contribution in [0.15, 0.2) is 66.7 Å². The molecule has 0 fully saturated rings. The van der Waals surface area contributed by atoms with Gasteiger partial charge in [0.15, 0.2) is 0 Å². The van der Waals surface area contributed by atoms with Crippen molar-refractivity contribution in [3.63, 3.8) is 0 Å². The zero-order chi connectivity index (χ0) is 26.8. The summed E-state index contributed by atoms with van der Waals surface area (Å²) in [5, 5.41) is 2.66. The molecular formula is C29H35NO7. The lowest BCUT2D eigenvalue weighted by Gasteiger charge is -2.23. The molecule has 1 aliphatic rings. The zero-order valence-electron chi connectivity index (χ0n) is 21.8. The van der Waals surface area contributed by atoms with Gasteiger partial charge in [-0.3, -0.25) is 4.79 Å². The third-order valence-electron chi connectivity index (χ3n) is 5.44. The molecule has 0 radical (unpaired) electrons. The van der Waals surface area contributed by atoms with Crippen molar-refractivity contribution in [3.8, 4) is 0 Å². The van der Waals surface area contributed by atoms with E-state index in [4.69, 9.17) is 18.9 Å². The monoisotopic (exact) mass is 509 g/mol. The molecule has 8 heteroatoms. The number of carbonyl (C=O) groups is 3. The molecule has 0 spiro atoms. The van der Waals surface area contributed by atoms with E-state index in [1.54, 1.807) is 20.8 Å². The number of alkyl carbamates (subject to hydrolysis) is 1. The van der Waals surface area contributed by atoms with Crippen LogP contribution in [0.25, 0.3) is 0 Å². The van der Waals surface area contributed by atoms with Gasteiger partial charge in [0.05, 0.1) is 6.10 Å². The van der Waals surface area contributed by atoms with E-state index in [1.807, 2.05) is 66.7 Å². The van der Waals surface area contributed by atoms with Crippen LogP contribution < -0.4 is 5.32 Å². The number of ether oxygens (including phenoxy) is 4. The highest BCUT2D eigenvalue weighted by Crippen LogP contribution is 2.18. The summed E-state index contributed by atoms with van der Waals surface area (Å²) in [6.45, 7) is 6.96. The van der Waals surface area contributed by atoms with Crippen molar-refractivity contribution in [3.05, 3.63) is 83.4 Å². The van der Waals surface area contributed by atoms with E-state index >= 15 is 0 Å². The summed E-state index contributed by atoms with van der Waals surface area (Å²) in [5.74, 6) is -0.874. The second kappa shape index (κ2) is 13.1. The Morgan fingerprint density at radius 2 is 1.54 bits per heavy atom. The zero-order valence-corrected chi connectivity index (χ0v) is 21.8. The van der Waals surface area contributed by atoms with Gasteiger partial charge in [0, 0.05) is 19.8 Å². The normalized spacial score (nSPS) is 17.6. The van der Waals surface area contributed by atoms with Crippen molar-refractivity contribution in [1.82, 2.24) is 5.32 Å². The van der Waals surface area contributed by atoms with Gasteiger partial charge in [-0.15, -0.1) is 0 Å². The lowest BCUT2D eigenvalue weighted by atomic mass is 10.0. The van der Waals surface area contributed by atoms with Gasteiger partial charge in [0.25, 0.3) is 0 Å². The van der Waals surface area contributed by atoms with Gasteiger partial charge in [-0.1, -0.05) is 66.7 Å². The number of carbonyl (C=O) groups excluding carboxylic acids is 3. The van der Waals surface area contributed by atoms with Crippen LogP contribution >= 0.6 is 0 Å². The Hall–Kier alpha value is -3.65. The molecule has 8 nitrogen and oxygen atoms in total. The third kappa shape index (κ3) is 10.1. The van der Waals surface area contributed by atoms with Crippen LogP contribution in [-0.2, 0) is 48.0 Å². The molecule has 1 amide bonds. The number of nitrogens with one attached hydrogen (secondary N) is 1. The molecule has 2 aromatic carbocycles. The van der Waals surface area contributed by atoms with Crippen molar-refractivity contribution < 1.29 is 33.3 Å². The van der Waals surface area contributed by atoms with E-state index in [1.165, 1.54) is 6.92 Å². The minimum Gasteiger partial charge on any atom is -0.463 e. The van der Waals surface area contributed by atoms with Gasteiger partial charge in [-0.25, -0.2) is 9.59 Å². The minimum absolute atomic E-state index is 0.110. The van der Waals surface area contributed by atoms with Crippen LogP contribution in [0.5, 0.6) is 0 Å². The van der Waals surface area contributed by atoms with E-state index in [9.17, 15) is 14.4 Å². The molecule has 0 aliphatic carbocycles. The first-order chi connectivity index (χ1) is 17.6. The maximum absolute atomic E-state index is 12.9. The fourth-order valence-electron chi connectivity index (χ4n) is 3.73. The lowest BCUT2D eigenvalue weighted by molar-refractivity contribution is -0.147. The van der Waals surface area contributed by atoms with Gasteiger partial charge < -0.3 is 24.3 Å². The Kier molecular flexibility index (Phi) is 9.85. The molecule has 1 aliphatic heterocycles. The molecule has 1 N–H and O–H groups in total. The quantitative estimate of drug-likeness (QED) is 0.290. The number of hydrogen-bond donors (Lipinski definition) is 1. The molecule has 37 heavy (non-hydrogen) atoms. The Morgan fingerprint density at radius 3 is 2.19 bits per heavy atom. The van der Waals surface area contributed by atoms with Gasteiger partial charge in [0.2, 0.25) is 0 Å². The fourth-order valence-corrected chi connectivity index (χ4v) is 3.73. The maximum Gasteiger partial charge on any atom is 0.408 e. The van der Waals surface area contributed by atoms with Crippen molar-refractivity contribution in [2.75, 3.05) is 6.61 Å². The second-order valence-corrected chi connectivity index (χ2v) is 9.92. The van der Waals surface area contributed by atoms with E-state index in [0.29, 0.717) is 6.42 Å². The molecule has 1 heterocycles.